The van der Waals surface area contributed by atoms with Gasteiger partial charge in [0.25, 0.3) is 4.92 Å². The van der Waals surface area contributed by atoms with Gasteiger partial charge in [0.2, 0.25) is 11.1 Å². The molecule has 0 fully saturated rings. The molecule has 3 N–H and O–H groups in total. The average molecular weight is 428 g/mol. The number of benzene rings is 2. The number of rotatable bonds is 8. The summed E-state index contributed by atoms with van der Waals surface area (Å²) in [6.45, 7) is 1.43. The highest BCUT2D eigenvalue weighted by atomic mass is 32.2. The van der Waals surface area contributed by atoms with E-state index in [0.29, 0.717) is 27.6 Å². The third kappa shape index (κ3) is 5.20. The summed E-state index contributed by atoms with van der Waals surface area (Å²) in [7, 11) is 1.26. The van der Waals surface area contributed by atoms with E-state index in [0.717, 1.165) is 17.3 Å². The number of nitrogens with zero attached hydrogens (tertiary/aromatic N) is 3. The van der Waals surface area contributed by atoms with Crippen LogP contribution in [-0.4, -0.2) is 50.0 Å². The second-order valence-corrected chi connectivity index (χ2v) is 7.06. The van der Waals surface area contributed by atoms with Crippen LogP contribution in [0.4, 0.5) is 11.4 Å². The van der Waals surface area contributed by atoms with Crippen LogP contribution in [0.25, 0.3) is 22.5 Å². The van der Waals surface area contributed by atoms with Crippen LogP contribution in [0.3, 0.4) is 0 Å². The molecule has 154 valence electrons. The number of anilines is 1. The number of thioether (sulfide) groups is 1. The normalized spacial score (nSPS) is 10.5. The Morgan fingerprint density at radius 2 is 1.87 bits per heavy atom. The van der Waals surface area contributed by atoms with E-state index in [1.807, 2.05) is 18.2 Å². The summed E-state index contributed by atoms with van der Waals surface area (Å²) < 4.78 is 0. The number of carbonyl (C=O) groups is 2. The van der Waals surface area contributed by atoms with Gasteiger partial charge in [-0.2, -0.15) is 0 Å². The van der Waals surface area contributed by atoms with Gasteiger partial charge in [0.05, 0.1) is 10.7 Å². The second kappa shape index (κ2) is 9.18. The van der Waals surface area contributed by atoms with E-state index < -0.39 is 5.97 Å². The molecule has 0 aliphatic heterocycles. The number of carbonyl (C=O) groups excluding carboxylic acids is 1. The van der Waals surface area contributed by atoms with Crippen LogP contribution in [0.1, 0.15) is 6.92 Å². The molecule has 0 saturated carbocycles. The van der Waals surface area contributed by atoms with Crippen LogP contribution in [0, 0.1) is 4.91 Å². The number of aliphatic carboxylic acids is 1. The molecular weight excluding hydrogens is 410 g/mol. The Balaban J connectivity index is 1.97. The van der Waals surface area contributed by atoms with Gasteiger partial charge in [-0.1, -0.05) is 23.9 Å². The summed E-state index contributed by atoms with van der Waals surface area (Å²) in [5.74, 6) is -0.928. The van der Waals surface area contributed by atoms with Crippen molar-refractivity contribution in [3.63, 3.8) is 0 Å². The highest BCUT2D eigenvalue weighted by Crippen LogP contribution is 2.31. The number of hydrogen-bond acceptors (Lipinski definition) is 7. The SMILES string of the molecule is CO[N+](=O)c1cc(-c2ccc(NC(C)=O)cc2)cc(-c2nc(SCC(=O)O)n[nH]2)c1. The van der Waals surface area contributed by atoms with Gasteiger partial charge < -0.3 is 10.4 Å². The number of carboxylic acids is 1. The zero-order valence-corrected chi connectivity index (χ0v) is 16.9. The number of aromatic amines is 1. The lowest BCUT2D eigenvalue weighted by Gasteiger charge is -2.06. The first-order chi connectivity index (χ1) is 14.4. The third-order valence-corrected chi connectivity index (χ3v) is 4.73. The fourth-order valence-electron chi connectivity index (χ4n) is 2.64. The molecule has 1 heterocycles. The summed E-state index contributed by atoms with van der Waals surface area (Å²) >= 11 is 0.982. The molecule has 3 rings (SSSR count). The Hall–Kier alpha value is -3.73. The van der Waals surface area contributed by atoms with Crippen molar-refractivity contribution >= 4 is 35.0 Å². The van der Waals surface area contributed by atoms with Gasteiger partial charge in [-0.15, -0.1) is 5.10 Å². The summed E-state index contributed by atoms with van der Waals surface area (Å²) in [6.07, 6.45) is 0. The van der Waals surface area contributed by atoms with Crippen LogP contribution in [0.15, 0.2) is 47.6 Å². The van der Waals surface area contributed by atoms with Crippen molar-refractivity contribution in [1.29, 1.82) is 0 Å². The van der Waals surface area contributed by atoms with E-state index in [-0.39, 0.29) is 22.5 Å². The molecule has 3 aromatic rings. The van der Waals surface area contributed by atoms with Gasteiger partial charge in [-0.05, 0) is 29.3 Å². The summed E-state index contributed by atoms with van der Waals surface area (Å²) in [5, 5.41) is 18.5. The van der Waals surface area contributed by atoms with E-state index >= 15 is 0 Å². The Labute approximate surface area is 175 Å². The lowest BCUT2D eigenvalue weighted by molar-refractivity contribution is -0.736. The first-order valence-corrected chi connectivity index (χ1v) is 9.66. The molecule has 1 amide bonds. The predicted molar refractivity (Wildman–Crippen MR) is 110 cm³/mol. The van der Waals surface area contributed by atoms with E-state index in [4.69, 9.17) is 9.94 Å². The van der Waals surface area contributed by atoms with Crippen molar-refractivity contribution < 1.29 is 24.5 Å². The van der Waals surface area contributed by atoms with Gasteiger partial charge >= 0.3 is 11.7 Å². The number of nitrogens with one attached hydrogen (secondary N) is 2. The van der Waals surface area contributed by atoms with Gasteiger partial charge in [-0.25, -0.2) is 9.82 Å². The van der Waals surface area contributed by atoms with Gasteiger partial charge in [0.1, 0.15) is 0 Å². The molecule has 2 aromatic carbocycles. The Kier molecular flexibility index (Phi) is 6.42. The predicted octanol–water partition coefficient (Wildman–Crippen LogP) is 3.25. The largest absolute Gasteiger partial charge is 0.481 e. The van der Waals surface area contributed by atoms with E-state index in [1.165, 1.54) is 14.0 Å². The van der Waals surface area contributed by atoms with Crippen LogP contribution >= 0.6 is 11.8 Å². The van der Waals surface area contributed by atoms with E-state index in [2.05, 4.69) is 20.5 Å². The molecule has 0 atom stereocenters. The number of aromatic nitrogens is 3. The molecule has 0 radical (unpaired) electrons. The highest BCUT2D eigenvalue weighted by molar-refractivity contribution is 7.99. The third-order valence-electron chi connectivity index (χ3n) is 3.90. The highest BCUT2D eigenvalue weighted by Gasteiger charge is 2.20. The molecule has 30 heavy (non-hydrogen) atoms. The zero-order chi connectivity index (χ0) is 21.7. The Bertz CT molecular complexity index is 1100. The van der Waals surface area contributed by atoms with Crippen molar-refractivity contribution in [2.75, 3.05) is 18.2 Å². The fourth-order valence-corrected chi connectivity index (χ4v) is 3.16. The van der Waals surface area contributed by atoms with E-state index in [9.17, 15) is 14.5 Å². The van der Waals surface area contributed by atoms with Crippen molar-refractivity contribution in [2.24, 2.45) is 0 Å². The molecular formula is C19H18N5O5S+. The van der Waals surface area contributed by atoms with Crippen LogP contribution in [0.2, 0.25) is 0 Å². The Morgan fingerprint density at radius 3 is 2.50 bits per heavy atom. The average Bonchev–Trinajstić information content (AvgIpc) is 3.20. The minimum Gasteiger partial charge on any atom is -0.481 e. The van der Waals surface area contributed by atoms with Crippen molar-refractivity contribution in [3.05, 3.63) is 47.4 Å². The Morgan fingerprint density at radius 1 is 1.17 bits per heavy atom. The van der Waals surface area contributed by atoms with E-state index in [1.54, 1.807) is 24.3 Å². The maximum atomic E-state index is 12.1. The lowest BCUT2D eigenvalue weighted by Crippen LogP contribution is -2.05. The molecule has 10 nitrogen and oxygen atoms in total. The molecule has 0 bridgehead atoms. The first-order valence-electron chi connectivity index (χ1n) is 8.67. The molecule has 0 saturated heterocycles. The summed E-state index contributed by atoms with van der Waals surface area (Å²) in [4.78, 5) is 43.4. The molecule has 0 aliphatic rings. The summed E-state index contributed by atoms with van der Waals surface area (Å²) in [5.41, 5.74) is 2.98. The summed E-state index contributed by atoms with van der Waals surface area (Å²) in [6, 6.07) is 12.2. The number of H-pyrrole nitrogens is 1. The van der Waals surface area contributed by atoms with Crippen molar-refractivity contribution in [1.82, 2.24) is 15.2 Å². The quantitative estimate of drug-likeness (QED) is 0.367. The van der Waals surface area contributed by atoms with Crippen LogP contribution in [0.5, 0.6) is 0 Å². The first kappa shape index (κ1) is 21.0. The van der Waals surface area contributed by atoms with Gasteiger partial charge in [-0.3, -0.25) is 14.7 Å². The molecule has 0 unspecified atom stereocenters. The zero-order valence-electron chi connectivity index (χ0n) is 16.1. The maximum absolute atomic E-state index is 12.1. The monoisotopic (exact) mass is 428 g/mol. The number of amides is 1. The molecule has 11 heteroatoms. The van der Waals surface area contributed by atoms with Gasteiger partial charge in [0.15, 0.2) is 12.9 Å². The minimum absolute atomic E-state index is 0.165. The minimum atomic E-state index is -0.972. The second-order valence-electron chi connectivity index (χ2n) is 6.12. The number of hydrogen-bond donors (Lipinski definition) is 3. The van der Waals surface area contributed by atoms with Crippen molar-refractivity contribution in [3.8, 4) is 22.5 Å². The molecule has 1 aromatic heterocycles. The fraction of sp³-hybridized carbons (Fsp3) is 0.158. The topological polar surface area (TPSA) is 137 Å². The maximum Gasteiger partial charge on any atom is 0.318 e. The molecule has 0 spiro atoms. The standard InChI is InChI=1S/C19H17N5O5S/c1-11(25)20-15-5-3-12(4-6-15)13-7-14(9-16(8-13)24(28)29-2)18-21-19(23-22-18)30-10-17(26)27/h3-9H,10H2,1-2H3,(H2-,20,21,22,23,25,26,27)/p+1. The molecule has 0 aliphatic carbocycles. The lowest BCUT2D eigenvalue weighted by atomic mass is 10.0. The van der Waals surface area contributed by atoms with Crippen molar-refractivity contribution in [2.45, 2.75) is 12.1 Å². The van der Waals surface area contributed by atoms with Gasteiger partial charge in [0, 0.05) is 30.3 Å². The van der Waals surface area contributed by atoms with Crippen LogP contribution < -0.4 is 5.32 Å². The number of carboxylic acid groups (broad SMARTS) is 1. The van der Waals surface area contributed by atoms with Crippen LogP contribution in [-0.2, 0) is 14.4 Å². The smallest absolute Gasteiger partial charge is 0.318 e.